The number of ether oxygens (including phenoxy) is 1. The molecule has 1 saturated heterocycles. The third-order valence-electron chi connectivity index (χ3n) is 8.50. The molecule has 0 N–H and O–H groups in total. The molecule has 1 atom stereocenters. The van der Waals surface area contributed by atoms with Gasteiger partial charge >= 0.3 is 0 Å². The van der Waals surface area contributed by atoms with E-state index in [2.05, 4.69) is 61.8 Å². The summed E-state index contributed by atoms with van der Waals surface area (Å²) >= 11 is 0. The molecule has 0 radical (unpaired) electrons. The second-order valence-electron chi connectivity index (χ2n) is 12.1. The summed E-state index contributed by atoms with van der Waals surface area (Å²) in [5.41, 5.74) is 4.87. The first kappa shape index (κ1) is 24.9. The molecule has 3 aliphatic rings. The summed E-state index contributed by atoms with van der Waals surface area (Å²) in [7, 11) is 0. The molecule has 2 aromatic heterocycles. The molecular formula is C31H37N5O2. The van der Waals surface area contributed by atoms with Crippen LogP contribution in [0.15, 0.2) is 36.5 Å². The minimum atomic E-state index is -0.299. The number of fused-ring (bicyclic) bond motifs is 2. The van der Waals surface area contributed by atoms with Gasteiger partial charge in [0.05, 0.1) is 29.5 Å². The number of nitriles is 1. The Morgan fingerprint density at radius 1 is 1.18 bits per heavy atom. The van der Waals surface area contributed by atoms with E-state index >= 15 is 0 Å². The van der Waals surface area contributed by atoms with Gasteiger partial charge < -0.3 is 19.1 Å². The third-order valence-corrected chi connectivity index (χ3v) is 8.50. The zero-order valence-electron chi connectivity index (χ0n) is 22.9. The lowest BCUT2D eigenvalue weighted by Crippen LogP contribution is -2.58. The number of benzene rings is 1. The van der Waals surface area contributed by atoms with Crippen LogP contribution in [0, 0.1) is 17.2 Å². The summed E-state index contributed by atoms with van der Waals surface area (Å²) in [5, 5.41) is 11.5. The fourth-order valence-electron chi connectivity index (χ4n) is 6.22. The number of amides is 1. The number of piperazine rings is 1. The highest BCUT2D eigenvalue weighted by molar-refractivity contribution is 5.83. The Hall–Kier alpha value is -3.37. The maximum atomic E-state index is 13.6. The number of hydrogen-bond acceptors (Lipinski definition) is 5. The average molecular weight is 512 g/mol. The zero-order chi connectivity index (χ0) is 26.6. The summed E-state index contributed by atoms with van der Waals surface area (Å²) in [6.45, 7) is 11.4. The molecule has 0 bridgehead atoms. The van der Waals surface area contributed by atoms with Gasteiger partial charge in [-0.05, 0) is 55.7 Å². The highest BCUT2D eigenvalue weighted by Crippen LogP contribution is 2.46. The molecule has 4 heterocycles. The minimum absolute atomic E-state index is 0.0478. The van der Waals surface area contributed by atoms with Crippen molar-refractivity contribution in [2.75, 3.05) is 24.5 Å². The lowest BCUT2D eigenvalue weighted by atomic mass is 9.87. The van der Waals surface area contributed by atoms with Crippen molar-refractivity contribution < 1.29 is 9.53 Å². The van der Waals surface area contributed by atoms with E-state index in [1.807, 2.05) is 22.9 Å². The van der Waals surface area contributed by atoms with Crippen LogP contribution < -0.4 is 4.90 Å². The number of carbonyl (C=O) groups is 1. The van der Waals surface area contributed by atoms with Crippen LogP contribution in [0.1, 0.15) is 68.8 Å². The first-order chi connectivity index (χ1) is 18.3. The Balaban J connectivity index is 1.29. The summed E-state index contributed by atoms with van der Waals surface area (Å²) in [5.74, 6) is 1.70. The standard InChI is InChI=1S/C31H37N5O2/c1-20(2)27-17-35(13-14-36(27)28(37)18-34-12-11-21-7-5-6-8-26(21)34)30-24(16-32)23-15-31(3,4)38-19-25(23)29(33-30)22-9-10-22/h5-8,11-12,20,22,27H,9-10,13-15,17-19H2,1-4H3. The van der Waals surface area contributed by atoms with Crippen molar-refractivity contribution in [2.45, 2.75) is 77.7 Å². The minimum Gasteiger partial charge on any atom is -0.370 e. The van der Waals surface area contributed by atoms with E-state index in [0.29, 0.717) is 44.3 Å². The van der Waals surface area contributed by atoms with Gasteiger partial charge in [-0.25, -0.2) is 4.98 Å². The predicted octanol–water partition coefficient (Wildman–Crippen LogP) is 5.01. The Bertz CT molecular complexity index is 1430. The fraction of sp³-hybridized carbons (Fsp3) is 0.516. The topological polar surface area (TPSA) is 74.4 Å². The molecule has 1 saturated carbocycles. The van der Waals surface area contributed by atoms with Crippen molar-refractivity contribution >= 4 is 22.6 Å². The number of para-hydroxylation sites is 1. The van der Waals surface area contributed by atoms with E-state index in [1.165, 1.54) is 0 Å². The summed E-state index contributed by atoms with van der Waals surface area (Å²) in [6, 6.07) is 12.8. The highest BCUT2D eigenvalue weighted by Gasteiger charge is 2.39. The van der Waals surface area contributed by atoms with Gasteiger partial charge in [-0.2, -0.15) is 5.26 Å². The van der Waals surface area contributed by atoms with Crippen LogP contribution in [0.3, 0.4) is 0 Å². The molecule has 1 unspecified atom stereocenters. The van der Waals surface area contributed by atoms with E-state index in [-0.39, 0.29) is 23.5 Å². The van der Waals surface area contributed by atoms with E-state index in [0.717, 1.165) is 52.8 Å². The predicted molar refractivity (Wildman–Crippen MR) is 148 cm³/mol. The Labute approximate surface area is 225 Å². The maximum Gasteiger partial charge on any atom is 0.242 e. The second kappa shape index (κ2) is 9.43. The van der Waals surface area contributed by atoms with Crippen molar-refractivity contribution in [1.82, 2.24) is 14.5 Å². The second-order valence-corrected chi connectivity index (χ2v) is 12.1. The van der Waals surface area contributed by atoms with Gasteiger partial charge in [-0.3, -0.25) is 4.79 Å². The van der Waals surface area contributed by atoms with Gasteiger partial charge in [0.2, 0.25) is 5.91 Å². The first-order valence-electron chi connectivity index (χ1n) is 13.9. The normalized spacial score (nSPS) is 21.0. The summed E-state index contributed by atoms with van der Waals surface area (Å²) in [6.07, 6.45) is 5.03. The fourth-order valence-corrected chi connectivity index (χ4v) is 6.22. The van der Waals surface area contributed by atoms with Crippen LogP contribution in [0.25, 0.3) is 10.9 Å². The number of nitrogens with zero attached hydrogens (tertiary/aromatic N) is 5. The number of aromatic nitrogens is 2. The SMILES string of the molecule is CC(C)C1CN(c2nc(C3CC3)c3c(c2C#N)CC(C)(C)OC3)CCN1C(=O)Cn1ccc2ccccc21. The average Bonchev–Trinajstić information content (AvgIpc) is 3.67. The van der Waals surface area contributed by atoms with Crippen LogP contribution in [0.4, 0.5) is 5.82 Å². The maximum absolute atomic E-state index is 13.6. The molecule has 198 valence electrons. The molecule has 0 spiro atoms. The Kier molecular flexibility index (Phi) is 6.19. The van der Waals surface area contributed by atoms with E-state index < -0.39 is 0 Å². The third kappa shape index (κ3) is 4.45. The number of rotatable bonds is 5. The molecular weight excluding hydrogens is 474 g/mol. The van der Waals surface area contributed by atoms with Gasteiger partial charge in [0.15, 0.2) is 0 Å². The Morgan fingerprint density at radius 2 is 1.97 bits per heavy atom. The monoisotopic (exact) mass is 511 g/mol. The summed E-state index contributed by atoms with van der Waals surface area (Å²) in [4.78, 5) is 23.1. The molecule has 1 aliphatic carbocycles. The van der Waals surface area contributed by atoms with Crippen molar-refractivity contribution in [3.8, 4) is 6.07 Å². The van der Waals surface area contributed by atoms with Crippen molar-refractivity contribution in [1.29, 1.82) is 5.26 Å². The zero-order valence-corrected chi connectivity index (χ0v) is 22.9. The van der Waals surface area contributed by atoms with Crippen LogP contribution >= 0.6 is 0 Å². The van der Waals surface area contributed by atoms with E-state index in [9.17, 15) is 10.1 Å². The molecule has 1 amide bonds. The first-order valence-corrected chi connectivity index (χ1v) is 13.9. The quantitative estimate of drug-likeness (QED) is 0.481. The number of anilines is 1. The van der Waals surface area contributed by atoms with E-state index in [4.69, 9.17) is 9.72 Å². The lowest BCUT2D eigenvalue weighted by molar-refractivity contribution is -0.135. The van der Waals surface area contributed by atoms with Gasteiger partial charge in [0, 0.05) is 49.2 Å². The van der Waals surface area contributed by atoms with Gasteiger partial charge in [-0.15, -0.1) is 0 Å². The largest absolute Gasteiger partial charge is 0.370 e. The molecule has 7 heteroatoms. The molecule has 2 aliphatic heterocycles. The smallest absolute Gasteiger partial charge is 0.242 e. The Morgan fingerprint density at radius 3 is 2.71 bits per heavy atom. The van der Waals surface area contributed by atoms with Crippen molar-refractivity contribution in [3.05, 3.63) is 58.9 Å². The van der Waals surface area contributed by atoms with Gasteiger partial charge in [0.1, 0.15) is 18.4 Å². The molecule has 1 aromatic carbocycles. The molecule has 38 heavy (non-hydrogen) atoms. The highest BCUT2D eigenvalue weighted by atomic mass is 16.5. The van der Waals surface area contributed by atoms with Crippen LogP contribution in [-0.4, -0.2) is 51.6 Å². The lowest BCUT2D eigenvalue weighted by Gasteiger charge is -2.44. The number of pyridine rings is 1. The van der Waals surface area contributed by atoms with Crippen molar-refractivity contribution in [2.24, 2.45) is 5.92 Å². The number of hydrogen-bond donors (Lipinski definition) is 0. The molecule has 7 nitrogen and oxygen atoms in total. The molecule has 2 fully saturated rings. The van der Waals surface area contributed by atoms with Gasteiger partial charge in [-0.1, -0.05) is 32.0 Å². The van der Waals surface area contributed by atoms with Crippen LogP contribution in [0.5, 0.6) is 0 Å². The van der Waals surface area contributed by atoms with Crippen molar-refractivity contribution in [3.63, 3.8) is 0 Å². The summed E-state index contributed by atoms with van der Waals surface area (Å²) < 4.78 is 8.19. The molecule has 3 aromatic rings. The van der Waals surface area contributed by atoms with Crippen LogP contribution in [0.2, 0.25) is 0 Å². The van der Waals surface area contributed by atoms with Crippen LogP contribution in [-0.2, 0) is 29.1 Å². The number of carbonyl (C=O) groups excluding carboxylic acids is 1. The van der Waals surface area contributed by atoms with E-state index in [1.54, 1.807) is 0 Å². The van der Waals surface area contributed by atoms with Gasteiger partial charge in [0.25, 0.3) is 0 Å². The molecule has 6 rings (SSSR count).